The van der Waals surface area contributed by atoms with E-state index in [9.17, 15) is 4.79 Å². The predicted molar refractivity (Wildman–Crippen MR) is 63.0 cm³/mol. The van der Waals surface area contributed by atoms with Gasteiger partial charge in [0.25, 0.3) is 0 Å². The van der Waals surface area contributed by atoms with Crippen LogP contribution in [0.2, 0.25) is 0 Å². The van der Waals surface area contributed by atoms with Crippen molar-refractivity contribution < 1.29 is 9.53 Å². The van der Waals surface area contributed by atoms with Gasteiger partial charge in [0, 0.05) is 12.5 Å². The van der Waals surface area contributed by atoms with Crippen LogP contribution in [0.3, 0.4) is 0 Å². The van der Waals surface area contributed by atoms with Crippen LogP contribution in [-0.4, -0.2) is 24.5 Å². The lowest BCUT2D eigenvalue weighted by molar-refractivity contribution is -0.130. The summed E-state index contributed by atoms with van der Waals surface area (Å²) in [6, 6.07) is 0. The molecule has 16 heavy (non-hydrogen) atoms. The third-order valence-electron chi connectivity index (χ3n) is 4.09. The molecule has 0 aromatic carbocycles. The number of carbonyl (C=O) groups is 1. The fourth-order valence-electron chi connectivity index (χ4n) is 3.34. The third kappa shape index (κ3) is 2.30. The summed E-state index contributed by atoms with van der Waals surface area (Å²) in [5.74, 6) is 1.74. The molecule has 3 atom stereocenters. The molecule has 1 aliphatic carbocycles. The zero-order valence-corrected chi connectivity index (χ0v) is 10.4. The van der Waals surface area contributed by atoms with Crippen LogP contribution < -0.4 is 5.73 Å². The average Bonchev–Trinajstić information content (AvgIpc) is 2.64. The maximum atomic E-state index is 12.4. The molecule has 0 aromatic rings. The summed E-state index contributed by atoms with van der Waals surface area (Å²) in [5.41, 5.74) is 5.47. The molecule has 1 heterocycles. The number of hydrogen-bond donors (Lipinski definition) is 1. The number of Topliss-reactive ketones (excluding diaryl/α,β-unsaturated/α-hetero) is 1. The van der Waals surface area contributed by atoms with Crippen molar-refractivity contribution in [2.24, 2.45) is 23.5 Å². The van der Waals surface area contributed by atoms with Gasteiger partial charge in [0.05, 0.1) is 6.61 Å². The largest absolute Gasteiger partial charge is 0.379 e. The Balaban J connectivity index is 2.03. The van der Waals surface area contributed by atoms with E-state index < -0.39 is 5.54 Å². The molecule has 3 heteroatoms. The number of nitrogens with two attached hydrogens (primary N) is 1. The molecule has 0 radical (unpaired) electrons. The standard InChI is InChI=1S/C13H23NO2/c1-9-5-10(2)7-11(6-9)12(15)13(14)3-4-16-8-13/h9-11H,3-8,14H2,1-2H3. The highest BCUT2D eigenvalue weighted by Gasteiger charge is 2.43. The molecule has 1 aliphatic heterocycles. The van der Waals surface area contributed by atoms with Crippen molar-refractivity contribution >= 4 is 5.78 Å². The van der Waals surface area contributed by atoms with Gasteiger partial charge in [0.15, 0.2) is 5.78 Å². The smallest absolute Gasteiger partial charge is 0.158 e. The normalized spacial score (nSPS) is 44.6. The number of hydrogen-bond acceptors (Lipinski definition) is 3. The maximum Gasteiger partial charge on any atom is 0.158 e. The minimum atomic E-state index is -0.679. The summed E-state index contributed by atoms with van der Waals surface area (Å²) >= 11 is 0. The lowest BCUT2D eigenvalue weighted by Crippen LogP contribution is -2.52. The van der Waals surface area contributed by atoms with E-state index in [1.165, 1.54) is 6.42 Å². The van der Waals surface area contributed by atoms with E-state index in [1.807, 2.05) is 0 Å². The molecule has 3 nitrogen and oxygen atoms in total. The molecule has 1 saturated heterocycles. The molecule has 1 saturated carbocycles. The Morgan fingerprint density at radius 3 is 2.38 bits per heavy atom. The second kappa shape index (κ2) is 4.46. The van der Waals surface area contributed by atoms with Gasteiger partial charge in [-0.1, -0.05) is 13.8 Å². The van der Waals surface area contributed by atoms with Crippen LogP contribution in [-0.2, 0) is 9.53 Å². The fourth-order valence-corrected chi connectivity index (χ4v) is 3.34. The van der Waals surface area contributed by atoms with Crippen molar-refractivity contribution in [3.05, 3.63) is 0 Å². The van der Waals surface area contributed by atoms with Gasteiger partial charge in [-0.25, -0.2) is 0 Å². The summed E-state index contributed by atoms with van der Waals surface area (Å²) < 4.78 is 5.28. The Bertz CT molecular complexity index is 261. The van der Waals surface area contributed by atoms with Gasteiger partial charge >= 0.3 is 0 Å². The molecule has 0 aromatic heterocycles. The maximum absolute atomic E-state index is 12.4. The summed E-state index contributed by atoms with van der Waals surface area (Å²) in [4.78, 5) is 12.4. The monoisotopic (exact) mass is 225 g/mol. The van der Waals surface area contributed by atoms with E-state index >= 15 is 0 Å². The van der Waals surface area contributed by atoms with E-state index in [4.69, 9.17) is 10.5 Å². The number of rotatable bonds is 2. The molecule has 0 amide bonds. The van der Waals surface area contributed by atoms with E-state index in [1.54, 1.807) is 0 Å². The number of ether oxygens (including phenoxy) is 1. The number of carbonyl (C=O) groups excluding carboxylic acids is 1. The fraction of sp³-hybridized carbons (Fsp3) is 0.923. The van der Waals surface area contributed by atoms with E-state index in [2.05, 4.69) is 13.8 Å². The molecular formula is C13H23NO2. The first-order chi connectivity index (χ1) is 7.51. The van der Waals surface area contributed by atoms with Gasteiger partial charge in [-0.15, -0.1) is 0 Å². The lowest BCUT2D eigenvalue weighted by Gasteiger charge is -2.34. The van der Waals surface area contributed by atoms with Crippen molar-refractivity contribution in [1.29, 1.82) is 0 Å². The van der Waals surface area contributed by atoms with E-state index in [-0.39, 0.29) is 11.7 Å². The molecule has 0 bridgehead atoms. The quantitative estimate of drug-likeness (QED) is 0.779. The van der Waals surface area contributed by atoms with Crippen molar-refractivity contribution in [3.63, 3.8) is 0 Å². The second-order valence-electron chi connectivity index (χ2n) is 5.94. The van der Waals surface area contributed by atoms with Crippen LogP contribution in [0.25, 0.3) is 0 Å². The van der Waals surface area contributed by atoms with E-state index in [0.717, 1.165) is 12.8 Å². The van der Waals surface area contributed by atoms with Gasteiger partial charge < -0.3 is 10.5 Å². The van der Waals surface area contributed by atoms with Gasteiger partial charge in [0.2, 0.25) is 0 Å². The first-order valence-electron chi connectivity index (χ1n) is 6.42. The molecule has 3 unspecified atom stereocenters. The average molecular weight is 225 g/mol. The zero-order chi connectivity index (χ0) is 11.8. The minimum absolute atomic E-state index is 0.172. The first-order valence-corrected chi connectivity index (χ1v) is 6.42. The zero-order valence-electron chi connectivity index (χ0n) is 10.4. The minimum Gasteiger partial charge on any atom is -0.379 e. The highest BCUT2D eigenvalue weighted by Crippen LogP contribution is 2.36. The Labute approximate surface area is 97.7 Å². The highest BCUT2D eigenvalue weighted by atomic mass is 16.5. The van der Waals surface area contributed by atoms with Crippen LogP contribution in [0.4, 0.5) is 0 Å². The summed E-state index contributed by atoms with van der Waals surface area (Å²) in [5, 5.41) is 0. The summed E-state index contributed by atoms with van der Waals surface area (Å²) in [7, 11) is 0. The van der Waals surface area contributed by atoms with Crippen LogP contribution >= 0.6 is 0 Å². The Hall–Kier alpha value is -0.410. The van der Waals surface area contributed by atoms with Crippen molar-refractivity contribution in [2.45, 2.75) is 45.1 Å². The van der Waals surface area contributed by atoms with Crippen LogP contribution in [0.5, 0.6) is 0 Å². The van der Waals surface area contributed by atoms with Crippen molar-refractivity contribution in [1.82, 2.24) is 0 Å². The lowest BCUT2D eigenvalue weighted by atomic mass is 9.71. The molecule has 2 rings (SSSR count). The van der Waals surface area contributed by atoms with Crippen molar-refractivity contribution in [2.75, 3.05) is 13.2 Å². The van der Waals surface area contributed by atoms with Gasteiger partial charge in [-0.2, -0.15) is 0 Å². The van der Waals surface area contributed by atoms with Crippen LogP contribution in [0.15, 0.2) is 0 Å². The molecule has 0 spiro atoms. The van der Waals surface area contributed by atoms with Gasteiger partial charge in [-0.3, -0.25) is 4.79 Å². The van der Waals surface area contributed by atoms with Crippen LogP contribution in [0, 0.1) is 17.8 Å². The van der Waals surface area contributed by atoms with Crippen molar-refractivity contribution in [3.8, 4) is 0 Å². The predicted octanol–water partition coefficient (Wildman–Crippen LogP) is 1.75. The number of ketones is 1. The van der Waals surface area contributed by atoms with Crippen LogP contribution in [0.1, 0.15) is 39.5 Å². The molecule has 2 aliphatic rings. The van der Waals surface area contributed by atoms with Gasteiger partial charge in [-0.05, 0) is 37.5 Å². The Kier molecular flexibility index (Phi) is 3.36. The van der Waals surface area contributed by atoms with E-state index in [0.29, 0.717) is 31.5 Å². The molecule has 92 valence electrons. The Morgan fingerprint density at radius 2 is 1.88 bits per heavy atom. The molecule has 2 fully saturated rings. The third-order valence-corrected chi connectivity index (χ3v) is 4.09. The molecule has 2 N–H and O–H groups in total. The highest BCUT2D eigenvalue weighted by molar-refractivity contribution is 5.90. The molecular weight excluding hydrogens is 202 g/mol. The Morgan fingerprint density at radius 1 is 1.25 bits per heavy atom. The summed E-state index contributed by atoms with van der Waals surface area (Å²) in [6.07, 6.45) is 3.98. The SMILES string of the molecule is CC1CC(C)CC(C(=O)C2(N)CCOC2)C1. The van der Waals surface area contributed by atoms with Gasteiger partial charge in [0.1, 0.15) is 5.54 Å². The topological polar surface area (TPSA) is 52.3 Å². The second-order valence-corrected chi connectivity index (χ2v) is 5.94. The first kappa shape index (κ1) is 12.1. The summed E-state index contributed by atoms with van der Waals surface area (Å²) in [6.45, 7) is 5.54.